The minimum absolute atomic E-state index is 0.648. The Hall–Kier alpha value is -1.87. The van der Waals surface area contributed by atoms with Gasteiger partial charge in [-0.2, -0.15) is 0 Å². The largest absolute Gasteiger partial charge is 0.495 e. The Morgan fingerprint density at radius 3 is 2.71 bits per heavy atom. The van der Waals surface area contributed by atoms with Gasteiger partial charge in [0.1, 0.15) is 11.9 Å². The number of pyridine rings is 1. The molecule has 0 aliphatic heterocycles. The third-order valence-electron chi connectivity index (χ3n) is 2.77. The zero-order valence-corrected chi connectivity index (χ0v) is 9.92. The average Bonchev–Trinajstić information content (AvgIpc) is 2.38. The lowest BCUT2D eigenvalue weighted by Gasteiger charge is -2.14. The number of methoxy groups -OCH3 is 1. The van der Waals surface area contributed by atoms with E-state index in [0.29, 0.717) is 5.75 Å². The van der Waals surface area contributed by atoms with Crippen molar-refractivity contribution < 1.29 is 9.84 Å². The van der Waals surface area contributed by atoms with Gasteiger partial charge in [0.2, 0.25) is 0 Å². The van der Waals surface area contributed by atoms with Crippen molar-refractivity contribution in [3.8, 4) is 5.75 Å². The van der Waals surface area contributed by atoms with E-state index in [-0.39, 0.29) is 0 Å². The smallest absolute Gasteiger partial charge is 0.137 e. The molecule has 0 radical (unpaired) electrons. The average molecular weight is 229 g/mol. The van der Waals surface area contributed by atoms with Crippen LogP contribution in [0.25, 0.3) is 0 Å². The molecule has 1 atom stereocenters. The van der Waals surface area contributed by atoms with Crippen molar-refractivity contribution in [2.75, 3.05) is 7.11 Å². The zero-order chi connectivity index (χ0) is 12.3. The first kappa shape index (κ1) is 11.6. The first-order valence-corrected chi connectivity index (χ1v) is 5.45. The van der Waals surface area contributed by atoms with Crippen molar-refractivity contribution in [1.82, 2.24) is 4.98 Å². The quantitative estimate of drug-likeness (QED) is 0.879. The Morgan fingerprint density at radius 1 is 1.24 bits per heavy atom. The van der Waals surface area contributed by atoms with Gasteiger partial charge in [-0.1, -0.05) is 24.3 Å². The fraction of sp³-hybridized carbons (Fsp3) is 0.214. The maximum Gasteiger partial charge on any atom is 0.137 e. The monoisotopic (exact) mass is 229 g/mol. The molecule has 0 fully saturated rings. The van der Waals surface area contributed by atoms with Gasteiger partial charge in [0.05, 0.1) is 13.3 Å². The van der Waals surface area contributed by atoms with E-state index in [0.717, 1.165) is 16.7 Å². The Balaban J connectivity index is 2.37. The van der Waals surface area contributed by atoms with Crippen molar-refractivity contribution >= 4 is 0 Å². The Morgan fingerprint density at radius 2 is 2.00 bits per heavy atom. The van der Waals surface area contributed by atoms with E-state index in [4.69, 9.17) is 4.74 Å². The highest BCUT2D eigenvalue weighted by Gasteiger charge is 2.13. The highest BCUT2D eigenvalue weighted by atomic mass is 16.5. The summed E-state index contributed by atoms with van der Waals surface area (Å²) in [6.07, 6.45) is 2.60. The van der Waals surface area contributed by atoms with E-state index < -0.39 is 6.10 Å². The van der Waals surface area contributed by atoms with Crippen LogP contribution in [0.2, 0.25) is 0 Å². The predicted molar refractivity (Wildman–Crippen MR) is 66.0 cm³/mol. The van der Waals surface area contributed by atoms with Crippen LogP contribution >= 0.6 is 0 Å². The number of rotatable bonds is 3. The number of hydrogen-bond acceptors (Lipinski definition) is 3. The molecule has 2 aromatic rings. The molecule has 0 amide bonds. The molecule has 88 valence electrons. The Bertz CT molecular complexity index is 511. The van der Waals surface area contributed by atoms with Crippen LogP contribution in [0.4, 0.5) is 0 Å². The molecule has 17 heavy (non-hydrogen) atoms. The van der Waals surface area contributed by atoms with Crippen LogP contribution in [0.5, 0.6) is 5.75 Å². The third kappa shape index (κ3) is 2.45. The summed E-state index contributed by atoms with van der Waals surface area (Å²) in [6.45, 7) is 1.98. The zero-order valence-electron chi connectivity index (χ0n) is 9.92. The molecular formula is C14H15NO2. The van der Waals surface area contributed by atoms with E-state index in [1.807, 2.05) is 31.2 Å². The second-order valence-electron chi connectivity index (χ2n) is 3.92. The molecule has 0 spiro atoms. The maximum atomic E-state index is 10.3. The number of aliphatic hydroxyl groups is 1. The van der Waals surface area contributed by atoms with Gasteiger partial charge < -0.3 is 9.84 Å². The number of aryl methyl sites for hydroxylation is 1. The summed E-state index contributed by atoms with van der Waals surface area (Å²) in [7, 11) is 1.58. The van der Waals surface area contributed by atoms with Crippen molar-refractivity contribution in [2.45, 2.75) is 13.0 Å². The van der Waals surface area contributed by atoms with Gasteiger partial charge in [-0.3, -0.25) is 4.98 Å². The number of hydrogen-bond donors (Lipinski definition) is 1. The van der Waals surface area contributed by atoms with Gasteiger partial charge in [-0.05, 0) is 24.1 Å². The van der Waals surface area contributed by atoms with E-state index >= 15 is 0 Å². The molecule has 0 aliphatic carbocycles. The SMILES string of the molecule is COc1cncc(C(O)c2ccccc2C)c1. The predicted octanol–water partition coefficient (Wildman–Crippen LogP) is 2.48. The van der Waals surface area contributed by atoms with Crippen molar-refractivity contribution in [3.05, 3.63) is 59.4 Å². The van der Waals surface area contributed by atoms with Crippen LogP contribution in [-0.2, 0) is 0 Å². The molecule has 0 saturated heterocycles. The minimum atomic E-state index is -0.668. The first-order valence-electron chi connectivity index (χ1n) is 5.45. The number of nitrogens with zero attached hydrogens (tertiary/aromatic N) is 1. The van der Waals surface area contributed by atoms with Crippen molar-refractivity contribution in [2.24, 2.45) is 0 Å². The van der Waals surface area contributed by atoms with Crippen LogP contribution in [-0.4, -0.2) is 17.2 Å². The van der Waals surface area contributed by atoms with Gasteiger partial charge in [0.25, 0.3) is 0 Å². The fourth-order valence-electron chi connectivity index (χ4n) is 1.77. The molecule has 3 nitrogen and oxygen atoms in total. The standard InChI is InChI=1S/C14H15NO2/c1-10-5-3-4-6-13(10)14(16)11-7-12(17-2)9-15-8-11/h3-9,14,16H,1-2H3. The maximum absolute atomic E-state index is 10.3. The van der Waals surface area contributed by atoms with E-state index in [1.54, 1.807) is 25.6 Å². The molecule has 1 unspecified atom stereocenters. The number of aromatic nitrogens is 1. The van der Waals surface area contributed by atoms with E-state index in [1.165, 1.54) is 0 Å². The van der Waals surface area contributed by atoms with Gasteiger partial charge in [0.15, 0.2) is 0 Å². The lowest BCUT2D eigenvalue weighted by atomic mass is 9.99. The number of benzene rings is 1. The second kappa shape index (κ2) is 4.97. The highest BCUT2D eigenvalue weighted by Crippen LogP contribution is 2.25. The van der Waals surface area contributed by atoms with Crippen LogP contribution in [0.1, 0.15) is 22.8 Å². The highest BCUT2D eigenvalue weighted by molar-refractivity contribution is 5.36. The molecule has 0 bridgehead atoms. The summed E-state index contributed by atoms with van der Waals surface area (Å²) in [4.78, 5) is 4.05. The topological polar surface area (TPSA) is 42.4 Å². The summed E-state index contributed by atoms with van der Waals surface area (Å²) in [5.41, 5.74) is 2.68. The molecule has 2 rings (SSSR count). The van der Waals surface area contributed by atoms with Gasteiger partial charge in [-0.25, -0.2) is 0 Å². The molecular weight excluding hydrogens is 214 g/mol. The lowest BCUT2D eigenvalue weighted by molar-refractivity contribution is 0.218. The molecule has 1 N–H and O–H groups in total. The minimum Gasteiger partial charge on any atom is -0.495 e. The molecule has 3 heteroatoms. The molecule has 1 aromatic heterocycles. The summed E-state index contributed by atoms with van der Waals surface area (Å²) in [6, 6.07) is 9.56. The molecule has 1 heterocycles. The Labute approximate surface area is 101 Å². The van der Waals surface area contributed by atoms with Gasteiger partial charge >= 0.3 is 0 Å². The van der Waals surface area contributed by atoms with Gasteiger partial charge in [-0.15, -0.1) is 0 Å². The van der Waals surface area contributed by atoms with Crippen LogP contribution in [0.3, 0.4) is 0 Å². The lowest BCUT2D eigenvalue weighted by Crippen LogP contribution is -2.02. The van der Waals surface area contributed by atoms with Crippen LogP contribution in [0, 0.1) is 6.92 Å². The van der Waals surface area contributed by atoms with Crippen molar-refractivity contribution in [3.63, 3.8) is 0 Å². The third-order valence-corrected chi connectivity index (χ3v) is 2.77. The molecule has 0 saturated carbocycles. The number of aliphatic hydroxyl groups excluding tert-OH is 1. The molecule has 1 aromatic carbocycles. The summed E-state index contributed by atoms with van der Waals surface area (Å²) < 4.78 is 5.10. The van der Waals surface area contributed by atoms with Crippen molar-refractivity contribution in [1.29, 1.82) is 0 Å². The Kier molecular flexibility index (Phi) is 3.40. The summed E-state index contributed by atoms with van der Waals surface area (Å²) >= 11 is 0. The second-order valence-corrected chi connectivity index (χ2v) is 3.92. The van der Waals surface area contributed by atoms with Crippen LogP contribution < -0.4 is 4.74 Å². The van der Waals surface area contributed by atoms with E-state index in [9.17, 15) is 5.11 Å². The van der Waals surface area contributed by atoms with E-state index in [2.05, 4.69) is 4.98 Å². The summed E-state index contributed by atoms with van der Waals surface area (Å²) in [5.74, 6) is 0.648. The molecule has 0 aliphatic rings. The van der Waals surface area contributed by atoms with Crippen LogP contribution in [0.15, 0.2) is 42.7 Å². The fourth-order valence-corrected chi connectivity index (χ4v) is 1.77. The summed E-state index contributed by atoms with van der Waals surface area (Å²) in [5, 5.41) is 10.3. The number of ether oxygens (including phenoxy) is 1. The van der Waals surface area contributed by atoms with Gasteiger partial charge in [0, 0.05) is 11.8 Å². The first-order chi connectivity index (χ1) is 8.22. The normalized spacial score (nSPS) is 12.2.